The lowest BCUT2D eigenvalue weighted by atomic mass is 10.2. The van der Waals surface area contributed by atoms with Crippen molar-refractivity contribution in [1.82, 2.24) is 4.98 Å². The molecule has 70 valence electrons. The molecule has 0 saturated heterocycles. The Morgan fingerprint density at radius 3 is 2.85 bits per heavy atom. The van der Waals surface area contributed by atoms with Gasteiger partial charge in [0.1, 0.15) is 0 Å². The van der Waals surface area contributed by atoms with Crippen LogP contribution in [0, 0.1) is 5.92 Å². The van der Waals surface area contributed by atoms with Crippen LogP contribution in [0.5, 0.6) is 0 Å². The molecule has 0 fully saturated rings. The average Bonchev–Trinajstić information content (AvgIpc) is 2.08. The van der Waals surface area contributed by atoms with Crippen LogP contribution in [0.25, 0.3) is 0 Å². The number of carbonyl (C=O) groups excluding carboxylic acids is 1. The lowest BCUT2D eigenvalue weighted by Crippen LogP contribution is -2.18. The highest BCUT2D eigenvalue weighted by Gasteiger charge is 2.09. The standard InChI is InChI=1S/C9H11ClN2O/c1-6(2)9(13)12-8-7(10)4-3-5-11-8/h3-6H,1-2H3,(H,11,12,13). The van der Waals surface area contributed by atoms with Crippen LogP contribution < -0.4 is 5.32 Å². The Balaban J connectivity index is 2.75. The van der Waals surface area contributed by atoms with E-state index in [2.05, 4.69) is 10.3 Å². The van der Waals surface area contributed by atoms with Gasteiger partial charge in [0, 0.05) is 12.1 Å². The van der Waals surface area contributed by atoms with Gasteiger partial charge in [0.05, 0.1) is 5.02 Å². The Morgan fingerprint density at radius 1 is 1.62 bits per heavy atom. The molecule has 0 unspecified atom stereocenters. The molecule has 0 aromatic carbocycles. The fourth-order valence-corrected chi connectivity index (χ4v) is 0.907. The molecule has 0 spiro atoms. The molecule has 0 bridgehead atoms. The number of halogens is 1. The van der Waals surface area contributed by atoms with Crippen LogP contribution in [-0.4, -0.2) is 10.9 Å². The molecule has 0 aliphatic heterocycles. The Labute approximate surface area is 82.1 Å². The summed E-state index contributed by atoms with van der Waals surface area (Å²) in [7, 11) is 0. The largest absolute Gasteiger partial charge is 0.309 e. The number of nitrogens with zero attached hydrogens (tertiary/aromatic N) is 1. The van der Waals surface area contributed by atoms with Gasteiger partial charge >= 0.3 is 0 Å². The number of hydrogen-bond donors (Lipinski definition) is 1. The zero-order chi connectivity index (χ0) is 9.84. The van der Waals surface area contributed by atoms with Crippen molar-refractivity contribution < 1.29 is 4.79 Å². The SMILES string of the molecule is CC(C)C(=O)Nc1ncccc1Cl. The van der Waals surface area contributed by atoms with Gasteiger partial charge in [0.2, 0.25) is 5.91 Å². The van der Waals surface area contributed by atoms with Crippen LogP contribution in [0.2, 0.25) is 5.02 Å². The number of carbonyl (C=O) groups is 1. The highest BCUT2D eigenvalue weighted by Crippen LogP contribution is 2.17. The summed E-state index contributed by atoms with van der Waals surface area (Å²) < 4.78 is 0. The third kappa shape index (κ3) is 2.70. The Kier molecular flexibility index (Phi) is 3.25. The van der Waals surface area contributed by atoms with Crippen molar-refractivity contribution in [3.63, 3.8) is 0 Å². The summed E-state index contributed by atoms with van der Waals surface area (Å²) in [6.45, 7) is 3.62. The number of aromatic nitrogens is 1. The van der Waals surface area contributed by atoms with Gasteiger partial charge in [-0.1, -0.05) is 25.4 Å². The monoisotopic (exact) mass is 198 g/mol. The smallest absolute Gasteiger partial charge is 0.228 e. The molecule has 1 aromatic rings. The molecule has 1 aromatic heterocycles. The fourth-order valence-electron chi connectivity index (χ4n) is 0.739. The van der Waals surface area contributed by atoms with Crippen molar-refractivity contribution in [2.45, 2.75) is 13.8 Å². The van der Waals surface area contributed by atoms with E-state index < -0.39 is 0 Å². The van der Waals surface area contributed by atoms with Crippen molar-refractivity contribution in [2.24, 2.45) is 5.92 Å². The van der Waals surface area contributed by atoms with Crippen LogP contribution in [0.3, 0.4) is 0 Å². The van der Waals surface area contributed by atoms with Crippen LogP contribution in [0.15, 0.2) is 18.3 Å². The number of rotatable bonds is 2. The quantitative estimate of drug-likeness (QED) is 0.793. The number of nitrogens with one attached hydrogen (secondary N) is 1. The average molecular weight is 199 g/mol. The maximum atomic E-state index is 11.3. The molecule has 4 heteroatoms. The van der Waals surface area contributed by atoms with Gasteiger partial charge in [-0.15, -0.1) is 0 Å². The first-order chi connectivity index (χ1) is 6.11. The Hall–Kier alpha value is -1.09. The van der Waals surface area contributed by atoms with Crippen LogP contribution >= 0.6 is 11.6 Å². The summed E-state index contributed by atoms with van der Waals surface area (Å²) in [6, 6.07) is 3.40. The maximum Gasteiger partial charge on any atom is 0.228 e. The normalized spacial score (nSPS) is 10.2. The van der Waals surface area contributed by atoms with E-state index in [0.29, 0.717) is 10.8 Å². The summed E-state index contributed by atoms with van der Waals surface area (Å²) in [5.41, 5.74) is 0. The van der Waals surface area contributed by atoms with E-state index in [1.54, 1.807) is 18.3 Å². The van der Waals surface area contributed by atoms with E-state index in [1.807, 2.05) is 13.8 Å². The van der Waals surface area contributed by atoms with E-state index in [9.17, 15) is 4.79 Å². The minimum atomic E-state index is -0.0828. The molecule has 1 heterocycles. The van der Waals surface area contributed by atoms with Gasteiger partial charge < -0.3 is 5.32 Å². The summed E-state index contributed by atoms with van der Waals surface area (Å²) in [5, 5.41) is 3.08. The van der Waals surface area contributed by atoms with Crippen molar-refractivity contribution >= 4 is 23.3 Å². The van der Waals surface area contributed by atoms with Crippen LogP contribution in [0.4, 0.5) is 5.82 Å². The first kappa shape index (κ1) is 9.99. The predicted octanol–water partition coefficient (Wildman–Crippen LogP) is 2.33. The first-order valence-electron chi connectivity index (χ1n) is 4.02. The zero-order valence-electron chi connectivity index (χ0n) is 7.54. The van der Waals surface area contributed by atoms with E-state index >= 15 is 0 Å². The molecule has 0 saturated carbocycles. The molecule has 0 aliphatic carbocycles. The van der Waals surface area contributed by atoms with E-state index in [0.717, 1.165) is 0 Å². The summed E-state index contributed by atoms with van der Waals surface area (Å²) >= 11 is 5.80. The molecule has 0 aliphatic rings. The van der Waals surface area contributed by atoms with Crippen molar-refractivity contribution in [2.75, 3.05) is 5.32 Å². The topological polar surface area (TPSA) is 42.0 Å². The Morgan fingerprint density at radius 2 is 2.31 bits per heavy atom. The van der Waals surface area contributed by atoms with E-state index in [1.165, 1.54) is 0 Å². The Bertz CT molecular complexity index is 312. The van der Waals surface area contributed by atoms with Crippen molar-refractivity contribution in [3.05, 3.63) is 23.4 Å². The zero-order valence-corrected chi connectivity index (χ0v) is 8.30. The van der Waals surface area contributed by atoms with Gasteiger partial charge in [0.25, 0.3) is 0 Å². The second kappa shape index (κ2) is 4.23. The third-order valence-corrected chi connectivity index (χ3v) is 1.83. The van der Waals surface area contributed by atoms with E-state index in [4.69, 9.17) is 11.6 Å². The molecule has 1 amide bonds. The number of anilines is 1. The lowest BCUT2D eigenvalue weighted by molar-refractivity contribution is -0.118. The number of amides is 1. The first-order valence-corrected chi connectivity index (χ1v) is 4.40. The van der Waals surface area contributed by atoms with E-state index in [-0.39, 0.29) is 11.8 Å². The van der Waals surface area contributed by atoms with Crippen molar-refractivity contribution in [3.8, 4) is 0 Å². The molecule has 1 rings (SSSR count). The molecular formula is C9H11ClN2O. The number of pyridine rings is 1. The second-order valence-corrected chi connectivity index (χ2v) is 3.38. The molecule has 3 nitrogen and oxygen atoms in total. The molecular weight excluding hydrogens is 188 g/mol. The predicted molar refractivity (Wildman–Crippen MR) is 52.7 cm³/mol. The van der Waals surface area contributed by atoms with Crippen LogP contribution in [-0.2, 0) is 4.79 Å². The molecule has 1 N–H and O–H groups in total. The third-order valence-electron chi connectivity index (χ3n) is 1.52. The maximum absolute atomic E-state index is 11.3. The minimum absolute atomic E-state index is 0.0712. The van der Waals surface area contributed by atoms with Crippen LogP contribution in [0.1, 0.15) is 13.8 Å². The minimum Gasteiger partial charge on any atom is -0.309 e. The highest BCUT2D eigenvalue weighted by molar-refractivity contribution is 6.33. The number of hydrogen-bond acceptors (Lipinski definition) is 2. The molecule has 13 heavy (non-hydrogen) atoms. The lowest BCUT2D eigenvalue weighted by Gasteiger charge is -2.07. The summed E-state index contributed by atoms with van der Waals surface area (Å²) in [4.78, 5) is 15.2. The molecule has 0 radical (unpaired) electrons. The van der Waals surface area contributed by atoms with Gasteiger partial charge in [-0.25, -0.2) is 4.98 Å². The second-order valence-electron chi connectivity index (χ2n) is 2.98. The molecule has 0 atom stereocenters. The van der Waals surface area contributed by atoms with Gasteiger partial charge in [-0.05, 0) is 12.1 Å². The van der Waals surface area contributed by atoms with Gasteiger partial charge in [-0.2, -0.15) is 0 Å². The summed E-state index contributed by atoms with van der Waals surface area (Å²) in [5.74, 6) is 0.265. The van der Waals surface area contributed by atoms with Crippen molar-refractivity contribution in [1.29, 1.82) is 0 Å². The van der Waals surface area contributed by atoms with Gasteiger partial charge in [-0.3, -0.25) is 4.79 Å². The summed E-state index contributed by atoms with van der Waals surface area (Å²) in [6.07, 6.45) is 1.59. The van der Waals surface area contributed by atoms with Gasteiger partial charge in [0.15, 0.2) is 5.82 Å². The fraction of sp³-hybridized carbons (Fsp3) is 0.333. The highest BCUT2D eigenvalue weighted by atomic mass is 35.5.